The Morgan fingerprint density at radius 3 is 2.21 bits per heavy atom. The van der Waals surface area contributed by atoms with Crippen molar-refractivity contribution in [2.24, 2.45) is 17.8 Å². The molecule has 168 valence electrons. The van der Waals surface area contributed by atoms with Crippen molar-refractivity contribution < 1.29 is 15.3 Å². The first-order valence-electron chi connectivity index (χ1n) is 12.1. The Bertz CT molecular complexity index is 531. The smallest absolute Gasteiger partial charge is 0.0602 e. The highest BCUT2D eigenvalue weighted by Gasteiger charge is 2.25. The minimum absolute atomic E-state index is 0.386. The summed E-state index contributed by atoms with van der Waals surface area (Å²) in [6, 6.07) is 0. The van der Waals surface area contributed by atoms with Crippen LogP contribution in [0.2, 0.25) is 0 Å². The van der Waals surface area contributed by atoms with Gasteiger partial charge in [0.25, 0.3) is 0 Å². The zero-order valence-corrected chi connectivity index (χ0v) is 19.4. The summed E-state index contributed by atoms with van der Waals surface area (Å²) in [4.78, 5) is 0. The molecule has 0 saturated heterocycles. The molecule has 0 aromatic heterocycles. The van der Waals surface area contributed by atoms with Crippen LogP contribution in [0.15, 0.2) is 23.3 Å². The Morgan fingerprint density at radius 2 is 1.59 bits per heavy atom. The largest absolute Gasteiger partial charge is 0.393 e. The lowest BCUT2D eigenvalue weighted by Crippen LogP contribution is -2.24. The van der Waals surface area contributed by atoms with Crippen molar-refractivity contribution >= 4 is 0 Å². The monoisotopic (exact) mass is 406 g/mol. The predicted molar refractivity (Wildman–Crippen MR) is 122 cm³/mol. The van der Waals surface area contributed by atoms with E-state index in [0.29, 0.717) is 19.3 Å². The van der Waals surface area contributed by atoms with Crippen LogP contribution in [0.5, 0.6) is 0 Å². The first-order valence-corrected chi connectivity index (χ1v) is 12.1. The Hall–Kier alpha value is -0.640. The van der Waals surface area contributed by atoms with Gasteiger partial charge in [0.1, 0.15) is 0 Å². The molecule has 0 heterocycles. The van der Waals surface area contributed by atoms with Crippen molar-refractivity contribution in [3.05, 3.63) is 23.3 Å². The quantitative estimate of drug-likeness (QED) is 0.512. The lowest BCUT2D eigenvalue weighted by molar-refractivity contribution is 0.0608. The van der Waals surface area contributed by atoms with Crippen LogP contribution < -0.4 is 0 Å². The van der Waals surface area contributed by atoms with Crippen LogP contribution in [0.1, 0.15) is 105 Å². The molecule has 3 nitrogen and oxygen atoms in total. The molecule has 0 spiro atoms. The molecule has 0 aromatic rings. The SMILES string of the molecule is C[C@H](CCCC(C)(C)O)[C@H]1CCC/C(=C/C=C2C[C@@H](O)C[C@H](O)C2)CCC[C@@H]1C. The highest BCUT2D eigenvalue weighted by atomic mass is 16.3. The summed E-state index contributed by atoms with van der Waals surface area (Å²) in [6.07, 6.45) is 16.3. The van der Waals surface area contributed by atoms with Gasteiger partial charge < -0.3 is 15.3 Å². The summed E-state index contributed by atoms with van der Waals surface area (Å²) < 4.78 is 0. The van der Waals surface area contributed by atoms with Crippen LogP contribution in [0, 0.1) is 17.8 Å². The van der Waals surface area contributed by atoms with Crippen LogP contribution in [0.3, 0.4) is 0 Å². The van der Waals surface area contributed by atoms with E-state index in [0.717, 1.165) is 30.6 Å². The van der Waals surface area contributed by atoms with Crippen molar-refractivity contribution in [3.63, 3.8) is 0 Å². The minimum atomic E-state index is -0.539. The Morgan fingerprint density at radius 1 is 1.00 bits per heavy atom. The standard InChI is InChI=1S/C26H46O3/c1-19-8-5-10-21(13-14-22-16-23(27)18-24(28)17-22)11-6-12-25(19)20(2)9-7-15-26(3,4)29/h13-14,19-20,23-25,27-29H,5-12,15-18H2,1-4H3/b21-13+/t19-,20+,23+,24+,25-/m0/s1. The van der Waals surface area contributed by atoms with E-state index in [1.54, 1.807) is 0 Å². The topological polar surface area (TPSA) is 60.7 Å². The zero-order chi connectivity index (χ0) is 21.4. The summed E-state index contributed by atoms with van der Waals surface area (Å²) in [5.41, 5.74) is 2.19. The molecule has 0 amide bonds. The molecule has 2 aliphatic carbocycles. The van der Waals surface area contributed by atoms with Crippen LogP contribution in [-0.4, -0.2) is 33.1 Å². The number of allylic oxidation sites excluding steroid dienone is 3. The van der Waals surface area contributed by atoms with Gasteiger partial charge in [-0.2, -0.15) is 0 Å². The van der Waals surface area contributed by atoms with Gasteiger partial charge in [-0.15, -0.1) is 0 Å². The second-order valence-electron chi connectivity index (χ2n) is 10.7. The molecule has 0 aromatic carbocycles. The van der Waals surface area contributed by atoms with Gasteiger partial charge in [0.2, 0.25) is 0 Å². The number of rotatable bonds is 6. The minimum Gasteiger partial charge on any atom is -0.393 e. The molecule has 2 aliphatic rings. The Kier molecular flexibility index (Phi) is 9.91. The molecule has 0 radical (unpaired) electrons. The van der Waals surface area contributed by atoms with Crippen LogP contribution in [-0.2, 0) is 0 Å². The second-order valence-corrected chi connectivity index (χ2v) is 10.7. The maximum absolute atomic E-state index is 9.98. The number of hydrogen-bond donors (Lipinski definition) is 3. The van der Waals surface area contributed by atoms with Gasteiger partial charge in [-0.25, -0.2) is 0 Å². The van der Waals surface area contributed by atoms with Gasteiger partial charge >= 0.3 is 0 Å². The van der Waals surface area contributed by atoms with E-state index < -0.39 is 5.60 Å². The Labute approximate surface area is 179 Å². The van der Waals surface area contributed by atoms with Gasteiger partial charge in [-0.3, -0.25) is 0 Å². The zero-order valence-electron chi connectivity index (χ0n) is 19.4. The average Bonchev–Trinajstić information content (AvgIpc) is 2.68. The van der Waals surface area contributed by atoms with E-state index in [2.05, 4.69) is 26.0 Å². The van der Waals surface area contributed by atoms with E-state index in [1.165, 1.54) is 56.1 Å². The molecule has 2 saturated carbocycles. The third kappa shape index (κ3) is 9.36. The van der Waals surface area contributed by atoms with Crippen LogP contribution in [0.25, 0.3) is 0 Å². The molecule has 2 rings (SSSR count). The van der Waals surface area contributed by atoms with E-state index in [1.807, 2.05) is 13.8 Å². The number of aliphatic hydroxyl groups excluding tert-OH is 2. The van der Waals surface area contributed by atoms with Crippen molar-refractivity contribution in [2.45, 2.75) is 123 Å². The lowest BCUT2D eigenvalue weighted by atomic mass is 9.76. The van der Waals surface area contributed by atoms with Gasteiger partial charge in [0, 0.05) is 0 Å². The van der Waals surface area contributed by atoms with E-state index >= 15 is 0 Å². The molecule has 3 N–H and O–H groups in total. The Balaban J connectivity index is 1.89. The molecule has 29 heavy (non-hydrogen) atoms. The first kappa shape index (κ1) is 24.6. The number of aliphatic hydroxyl groups is 3. The maximum Gasteiger partial charge on any atom is 0.0602 e. The van der Waals surface area contributed by atoms with E-state index in [-0.39, 0.29) is 12.2 Å². The molecular formula is C26H46O3. The van der Waals surface area contributed by atoms with Gasteiger partial charge in [0.05, 0.1) is 17.8 Å². The maximum atomic E-state index is 9.98. The molecule has 0 bridgehead atoms. The predicted octanol–water partition coefficient (Wildman–Crippen LogP) is 5.93. The third-order valence-electron chi connectivity index (χ3n) is 7.20. The van der Waals surface area contributed by atoms with Gasteiger partial charge in [-0.1, -0.05) is 56.4 Å². The van der Waals surface area contributed by atoms with Crippen molar-refractivity contribution in [1.82, 2.24) is 0 Å². The summed E-state index contributed by atoms with van der Waals surface area (Å²) in [5, 5.41) is 29.8. The summed E-state index contributed by atoms with van der Waals surface area (Å²) in [5.74, 6) is 2.29. The third-order valence-corrected chi connectivity index (χ3v) is 7.20. The highest BCUT2D eigenvalue weighted by molar-refractivity contribution is 5.20. The molecule has 3 heteroatoms. The van der Waals surface area contributed by atoms with Crippen LogP contribution >= 0.6 is 0 Å². The molecule has 0 aliphatic heterocycles. The second kappa shape index (κ2) is 11.7. The van der Waals surface area contributed by atoms with Crippen molar-refractivity contribution in [3.8, 4) is 0 Å². The van der Waals surface area contributed by atoms with E-state index in [9.17, 15) is 15.3 Å². The van der Waals surface area contributed by atoms with Gasteiger partial charge in [0.15, 0.2) is 0 Å². The van der Waals surface area contributed by atoms with Crippen molar-refractivity contribution in [1.29, 1.82) is 0 Å². The molecular weight excluding hydrogens is 360 g/mol. The summed E-state index contributed by atoms with van der Waals surface area (Å²) in [7, 11) is 0. The lowest BCUT2D eigenvalue weighted by Gasteiger charge is -2.30. The van der Waals surface area contributed by atoms with E-state index in [4.69, 9.17) is 0 Å². The fourth-order valence-corrected chi connectivity index (χ4v) is 5.46. The van der Waals surface area contributed by atoms with Gasteiger partial charge in [-0.05, 0) is 89.4 Å². The van der Waals surface area contributed by atoms with Crippen LogP contribution in [0.4, 0.5) is 0 Å². The highest BCUT2D eigenvalue weighted by Crippen LogP contribution is 2.36. The molecule has 2 fully saturated rings. The average molecular weight is 407 g/mol. The number of hydrogen-bond acceptors (Lipinski definition) is 3. The molecule has 5 atom stereocenters. The fourth-order valence-electron chi connectivity index (χ4n) is 5.46. The molecule has 0 unspecified atom stereocenters. The normalized spacial score (nSPS) is 32.4. The fraction of sp³-hybridized carbons (Fsp3) is 0.846. The van der Waals surface area contributed by atoms with Crippen molar-refractivity contribution in [2.75, 3.05) is 0 Å². The summed E-state index contributed by atoms with van der Waals surface area (Å²) in [6.45, 7) is 8.69. The first-order chi connectivity index (χ1) is 13.6. The summed E-state index contributed by atoms with van der Waals surface area (Å²) >= 11 is 0.